The minimum Gasteiger partial charge on any atom is -0.300 e. The lowest BCUT2D eigenvalue weighted by atomic mass is 9.98. The van der Waals surface area contributed by atoms with Crippen LogP contribution >= 0.6 is 11.8 Å². The number of aliphatic imine (C=N–C) groups is 1. The molecule has 2 heterocycles. The van der Waals surface area contributed by atoms with Crippen LogP contribution < -0.4 is 10.3 Å². The average molecular weight is 529 g/mol. The van der Waals surface area contributed by atoms with Crippen LogP contribution in [0.3, 0.4) is 0 Å². The molecule has 4 aromatic rings. The lowest BCUT2D eigenvalue weighted by Gasteiger charge is -2.24. The predicted octanol–water partition coefficient (Wildman–Crippen LogP) is 8.19. The third-order valence-electron chi connectivity index (χ3n) is 7.05. The standard InChI is InChI=1S/C33H28N4OS/c1-22-13-16-27(19-23(22)2)34-32-31(39-33(38)35-32)20-24-14-17-28(18-15-24)37-30(26-11-7-4-8-12-26)21-29(36-37)25-9-5-3-6-10-25/h3-20,30H,21H2,1-2H3,(H,34,35,38). The molecule has 1 fully saturated rings. The summed E-state index contributed by atoms with van der Waals surface area (Å²) in [5, 5.41) is 9.95. The number of hydrogen-bond donors (Lipinski definition) is 1. The van der Waals surface area contributed by atoms with Crippen LogP contribution in [0.5, 0.6) is 0 Å². The average Bonchev–Trinajstić information content (AvgIpc) is 3.56. The number of hydrogen-bond acceptors (Lipinski definition) is 5. The molecule has 0 aromatic heterocycles. The highest BCUT2D eigenvalue weighted by atomic mass is 32.2. The van der Waals surface area contributed by atoms with Gasteiger partial charge in [-0.05, 0) is 83.8 Å². The van der Waals surface area contributed by atoms with Gasteiger partial charge in [0.15, 0.2) is 0 Å². The molecule has 6 heteroatoms. The number of amides is 1. The normalized spacial score (nSPS) is 19.0. The van der Waals surface area contributed by atoms with E-state index < -0.39 is 0 Å². The van der Waals surface area contributed by atoms with Crippen LogP contribution in [0.2, 0.25) is 0 Å². The number of nitrogens with zero attached hydrogens (tertiary/aromatic N) is 3. The van der Waals surface area contributed by atoms with Gasteiger partial charge in [0.1, 0.15) is 5.84 Å². The topological polar surface area (TPSA) is 57.1 Å². The Bertz CT molecular complexity index is 1610. The molecule has 1 unspecified atom stereocenters. The van der Waals surface area contributed by atoms with Crippen molar-refractivity contribution in [2.75, 3.05) is 5.01 Å². The molecule has 1 N–H and O–H groups in total. The minimum atomic E-state index is -0.119. The second-order valence-electron chi connectivity index (χ2n) is 9.73. The SMILES string of the molecule is Cc1ccc(N=C2NC(=O)SC2=Cc2ccc(N3N=C(c4ccccc4)CC3c3ccccc3)cc2)cc1C. The molecule has 2 aliphatic rings. The molecule has 1 amide bonds. The van der Waals surface area contributed by atoms with Crippen LogP contribution in [0.1, 0.15) is 40.3 Å². The van der Waals surface area contributed by atoms with Crippen molar-refractivity contribution in [1.82, 2.24) is 5.32 Å². The molecule has 4 aromatic carbocycles. The van der Waals surface area contributed by atoms with Gasteiger partial charge in [-0.2, -0.15) is 5.10 Å². The predicted molar refractivity (Wildman–Crippen MR) is 163 cm³/mol. The summed E-state index contributed by atoms with van der Waals surface area (Å²) < 4.78 is 0. The summed E-state index contributed by atoms with van der Waals surface area (Å²) in [6.45, 7) is 4.14. The van der Waals surface area contributed by atoms with E-state index in [0.29, 0.717) is 5.84 Å². The number of anilines is 1. The smallest absolute Gasteiger partial charge is 0.289 e. The Balaban J connectivity index is 1.29. The lowest BCUT2D eigenvalue weighted by molar-refractivity contribution is 0.265. The third kappa shape index (κ3) is 5.42. The molecule has 1 atom stereocenters. The number of benzene rings is 4. The summed E-state index contributed by atoms with van der Waals surface area (Å²) in [5.74, 6) is 0.582. The number of hydrazone groups is 1. The van der Waals surface area contributed by atoms with E-state index in [-0.39, 0.29) is 11.3 Å². The molecule has 39 heavy (non-hydrogen) atoms. The molecule has 0 saturated carbocycles. The Kier molecular flexibility index (Phi) is 6.86. The molecular formula is C33H28N4OS. The molecule has 0 aliphatic carbocycles. The van der Waals surface area contributed by atoms with Crippen molar-refractivity contribution in [2.24, 2.45) is 10.1 Å². The monoisotopic (exact) mass is 528 g/mol. The second kappa shape index (κ2) is 10.8. The summed E-state index contributed by atoms with van der Waals surface area (Å²) in [6.07, 6.45) is 2.84. The number of carbonyl (C=O) groups is 1. The highest BCUT2D eigenvalue weighted by Crippen LogP contribution is 2.37. The van der Waals surface area contributed by atoms with Crippen molar-refractivity contribution in [3.8, 4) is 0 Å². The van der Waals surface area contributed by atoms with Crippen molar-refractivity contribution in [1.29, 1.82) is 0 Å². The summed E-state index contributed by atoms with van der Waals surface area (Å²) in [7, 11) is 0. The first-order valence-corrected chi connectivity index (χ1v) is 13.8. The highest BCUT2D eigenvalue weighted by molar-refractivity contribution is 8.18. The molecule has 0 radical (unpaired) electrons. The van der Waals surface area contributed by atoms with Gasteiger partial charge in [0.25, 0.3) is 5.24 Å². The van der Waals surface area contributed by atoms with Crippen LogP contribution in [0, 0.1) is 13.8 Å². The lowest BCUT2D eigenvalue weighted by Crippen LogP contribution is -2.18. The number of nitrogens with one attached hydrogen (secondary N) is 1. The Morgan fingerprint density at radius 1 is 0.897 bits per heavy atom. The van der Waals surface area contributed by atoms with E-state index in [1.54, 1.807) is 0 Å². The fourth-order valence-electron chi connectivity index (χ4n) is 4.80. The van der Waals surface area contributed by atoms with Crippen molar-refractivity contribution >= 4 is 46.0 Å². The van der Waals surface area contributed by atoms with Crippen LogP contribution in [0.15, 0.2) is 118 Å². The van der Waals surface area contributed by atoms with Gasteiger partial charge in [0.2, 0.25) is 0 Å². The molecule has 0 bridgehead atoms. The summed E-state index contributed by atoms with van der Waals surface area (Å²) in [6, 6.07) is 35.4. The van der Waals surface area contributed by atoms with Gasteiger partial charge in [0, 0.05) is 6.42 Å². The van der Waals surface area contributed by atoms with Crippen molar-refractivity contribution < 1.29 is 4.79 Å². The summed E-state index contributed by atoms with van der Waals surface area (Å²) in [5.41, 5.74) is 8.68. The van der Waals surface area contributed by atoms with Crippen molar-refractivity contribution in [3.05, 3.63) is 136 Å². The zero-order chi connectivity index (χ0) is 26.8. The van der Waals surface area contributed by atoms with Gasteiger partial charge >= 0.3 is 0 Å². The highest BCUT2D eigenvalue weighted by Gasteiger charge is 2.30. The fourth-order valence-corrected chi connectivity index (χ4v) is 5.54. The van der Waals surface area contributed by atoms with Gasteiger partial charge in [-0.15, -0.1) is 0 Å². The Hall–Kier alpha value is -4.42. The van der Waals surface area contributed by atoms with Crippen molar-refractivity contribution in [2.45, 2.75) is 26.3 Å². The zero-order valence-corrected chi connectivity index (χ0v) is 22.7. The number of thioether (sulfide) groups is 1. The molecule has 2 aliphatic heterocycles. The third-order valence-corrected chi connectivity index (χ3v) is 7.86. The first-order chi connectivity index (χ1) is 19.0. The first-order valence-electron chi connectivity index (χ1n) is 13.0. The van der Waals surface area contributed by atoms with Gasteiger partial charge in [-0.3, -0.25) is 9.80 Å². The molecule has 5 nitrogen and oxygen atoms in total. The van der Waals surface area contributed by atoms with Crippen LogP contribution in [-0.2, 0) is 0 Å². The van der Waals surface area contributed by atoms with E-state index in [0.717, 1.165) is 39.5 Å². The van der Waals surface area contributed by atoms with Gasteiger partial charge in [-0.25, -0.2) is 4.99 Å². The largest absolute Gasteiger partial charge is 0.300 e. The minimum absolute atomic E-state index is 0.119. The summed E-state index contributed by atoms with van der Waals surface area (Å²) >= 11 is 1.17. The Morgan fingerprint density at radius 2 is 1.62 bits per heavy atom. The van der Waals surface area contributed by atoms with E-state index in [9.17, 15) is 4.79 Å². The quantitative estimate of drug-likeness (QED) is 0.284. The van der Waals surface area contributed by atoms with Crippen LogP contribution in [0.4, 0.5) is 16.2 Å². The van der Waals surface area contributed by atoms with E-state index in [1.807, 2.05) is 36.4 Å². The first kappa shape index (κ1) is 24.9. The fraction of sp³-hybridized carbons (Fsp3) is 0.121. The van der Waals surface area contributed by atoms with E-state index in [2.05, 4.69) is 97.0 Å². The number of amidine groups is 1. The van der Waals surface area contributed by atoms with Gasteiger partial charge < -0.3 is 5.32 Å². The Labute approximate surface area is 233 Å². The maximum Gasteiger partial charge on any atom is 0.289 e. The molecule has 192 valence electrons. The van der Waals surface area contributed by atoms with Crippen LogP contribution in [-0.4, -0.2) is 16.8 Å². The van der Waals surface area contributed by atoms with Crippen LogP contribution in [0.25, 0.3) is 6.08 Å². The van der Waals surface area contributed by atoms with E-state index >= 15 is 0 Å². The molecule has 6 rings (SSSR count). The number of aryl methyl sites for hydroxylation is 2. The maximum atomic E-state index is 12.2. The molecular weight excluding hydrogens is 500 g/mol. The zero-order valence-electron chi connectivity index (χ0n) is 21.8. The van der Waals surface area contributed by atoms with Gasteiger partial charge in [0.05, 0.1) is 28.0 Å². The molecule has 0 spiro atoms. The number of rotatable bonds is 5. The van der Waals surface area contributed by atoms with Gasteiger partial charge in [-0.1, -0.05) is 78.9 Å². The summed E-state index contributed by atoms with van der Waals surface area (Å²) in [4.78, 5) is 17.7. The number of carbonyl (C=O) groups excluding carboxylic acids is 1. The second-order valence-corrected chi connectivity index (χ2v) is 10.7. The van der Waals surface area contributed by atoms with E-state index in [1.165, 1.54) is 28.5 Å². The molecule has 1 saturated heterocycles. The Morgan fingerprint density at radius 3 is 2.33 bits per heavy atom. The maximum absolute atomic E-state index is 12.2. The van der Waals surface area contributed by atoms with Crippen molar-refractivity contribution in [3.63, 3.8) is 0 Å². The van der Waals surface area contributed by atoms with E-state index in [4.69, 9.17) is 10.1 Å².